The zero-order valence-electron chi connectivity index (χ0n) is 19.4. The minimum atomic E-state index is -0.718. The number of rotatable bonds is 10. The number of benzene rings is 1. The van der Waals surface area contributed by atoms with Crippen LogP contribution in [0.5, 0.6) is 5.75 Å². The molecule has 0 aliphatic heterocycles. The maximum absolute atomic E-state index is 13.0. The van der Waals surface area contributed by atoms with E-state index in [1.165, 1.54) is 34.9 Å². The number of aromatic amines is 1. The number of esters is 1. The predicted molar refractivity (Wildman–Crippen MR) is 124 cm³/mol. The quantitative estimate of drug-likeness (QED) is 0.343. The van der Waals surface area contributed by atoms with Crippen LogP contribution in [0.2, 0.25) is 0 Å². The molecule has 0 unspecified atom stereocenters. The largest absolute Gasteiger partial charge is 0.486 e. The second-order valence-corrected chi connectivity index (χ2v) is 7.79. The summed E-state index contributed by atoms with van der Waals surface area (Å²) in [6.45, 7) is 4.46. The van der Waals surface area contributed by atoms with Gasteiger partial charge in [0.1, 0.15) is 36.4 Å². The average Bonchev–Trinajstić information content (AvgIpc) is 3.47. The van der Waals surface area contributed by atoms with Gasteiger partial charge in [-0.1, -0.05) is 13.3 Å². The zero-order chi connectivity index (χ0) is 24.9. The number of imidazole rings is 1. The van der Waals surface area contributed by atoms with Crippen molar-refractivity contribution in [3.8, 4) is 5.75 Å². The van der Waals surface area contributed by atoms with Crippen LogP contribution in [0.25, 0.3) is 11.2 Å². The number of fused-ring (bicyclic) bond motifs is 1. The highest BCUT2D eigenvalue weighted by molar-refractivity contribution is 5.86. The summed E-state index contributed by atoms with van der Waals surface area (Å²) in [5, 5.41) is 0. The Hall–Kier alpha value is -4.15. The van der Waals surface area contributed by atoms with E-state index in [1.807, 2.05) is 13.8 Å². The number of furan rings is 1. The lowest BCUT2D eigenvalue weighted by atomic mass is 10.3. The Bertz CT molecular complexity index is 1450. The molecule has 3 heterocycles. The van der Waals surface area contributed by atoms with Crippen LogP contribution in [0.15, 0.2) is 50.4 Å². The summed E-state index contributed by atoms with van der Waals surface area (Å²) in [6, 6.07) is 8.57. The summed E-state index contributed by atoms with van der Waals surface area (Å²) in [7, 11) is 0. The van der Waals surface area contributed by atoms with E-state index in [4.69, 9.17) is 13.9 Å². The van der Waals surface area contributed by atoms with Gasteiger partial charge in [0, 0.05) is 13.1 Å². The van der Waals surface area contributed by atoms with Crippen molar-refractivity contribution in [2.75, 3.05) is 0 Å². The summed E-state index contributed by atoms with van der Waals surface area (Å²) in [4.78, 5) is 44.1. The van der Waals surface area contributed by atoms with Crippen molar-refractivity contribution in [3.63, 3.8) is 0 Å². The van der Waals surface area contributed by atoms with Gasteiger partial charge in [-0.05, 0) is 49.7 Å². The summed E-state index contributed by atoms with van der Waals surface area (Å²) in [5.41, 5.74) is -0.543. The number of carbonyl (C=O) groups is 1. The van der Waals surface area contributed by atoms with Crippen molar-refractivity contribution in [2.45, 2.75) is 53.0 Å². The lowest BCUT2D eigenvalue weighted by molar-refractivity contribution is 0.0418. The minimum Gasteiger partial charge on any atom is -0.486 e. The van der Waals surface area contributed by atoms with Crippen LogP contribution in [0.4, 0.5) is 4.39 Å². The normalized spacial score (nSPS) is 11.2. The lowest BCUT2D eigenvalue weighted by Crippen LogP contribution is -2.31. The van der Waals surface area contributed by atoms with Crippen molar-refractivity contribution >= 4 is 17.1 Å². The summed E-state index contributed by atoms with van der Waals surface area (Å²) in [6.07, 6.45) is 1.61. The molecule has 0 bridgehead atoms. The number of hydrogen-bond acceptors (Lipinski definition) is 7. The van der Waals surface area contributed by atoms with Crippen LogP contribution in [0.1, 0.15) is 48.8 Å². The van der Waals surface area contributed by atoms with Crippen molar-refractivity contribution in [1.29, 1.82) is 0 Å². The molecule has 0 amide bonds. The molecule has 0 spiro atoms. The Morgan fingerprint density at radius 3 is 2.57 bits per heavy atom. The standard InChI is InChI=1S/C24H25FN4O6/c1-3-5-12-29-21-20(22(30)27-24(29)32)28(4-2)19(26-21)14-34-23(31)18-11-10-17(35-18)13-33-16-8-6-15(25)7-9-16/h6-11H,3-5,12-14H2,1-2H3,(H,27,30,32). The maximum Gasteiger partial charge on any atom is 0.374 e. The molecule has 35 heavy (non-hydrogen) atoms. The molecule has 1 aromatic carbocycles. The van der Waals surface area contributed by atoms with Gasteiger partial charge in [-0.2, -0.15) is 0 Å². The second kappa shape index (κ2) is 10.4. The molecular formula is C24H25FN4O6. The molecule has 0 fully saturated rings. The number of aryl methyl sites for hydroxylation is 2. The Labute approximate surface area is 198 Å². The highest BCUT2D eigenvalue weighted by atomic mass is 19.1. The number of hydrogen-bond donors (Lipinski definition) is 1. The molecule has 1 N–H and O–H groups in total. The van der Waals surface area contributed by atoms with E-state index in [0.29, 0.717) is 30.4 Å². The summed E-state index contributed by atoms with van der Waals surface area (Å²) >= 11 is 0. The number of halogens is 1. The SMILES string of the molecule is CCCCn1c(=O)[nH]c(=O)c2c1nc(COC(=O)c1ccc(COc3ccc(F)cc3)o1)n2CC. The third-order valence-electron chi connectivity index (χ3n) is 5.41. The van der Waals surface area contributed by atoms with Crippen LogP contribution in [-0.2, 0) is 31.0 Å². The molecule has 4 rings (SSSR count). The number of H-pyrrole nitrogens is 1. The fourth-order valence-corrected chi connectivity index (χ4v) is 3.64. The van der Waals surface area contributed by atoms with E-state index in [9.17, 15) is 18.8 Å². The first-order chi connectivity index (χ1) is 16.9. The van der Waals surface area contributed by atoms with Crippen LogP contribution in [0.3, 0.4) is 0 Å². The van der Waals surface area contributed by atoms with Crippen LogP contribution < -0.4 is 16.0 Å². The number of unbranched alkanes of at least 4 members (excludes halogenated alkanes) is 1. The molecule has 0 aliphatic rings. The minimum absolute atomic E-state index is 0.0282. The van der Waals surface area contributed by atoms with Gasteiger partial charge >= 0.3 is 11.7 Å². The fraction of sp³-hybridized carbons (Fsp3) is 0.333. The topological polar surface area (TPSA) is 121 Å². The molecule has 184 valence electrons. The maximum atomic E-state index is 13.0. The Morgan fingerprint density at radius 2 is 1.86 bits per heavy atom. The predicted octanol–water partition coefficient (Wildman–Crippen LogP) is 3.37. The van der Waals surface area contributed by atoms with Gasteiger partial charge in [-0.15, -0.1) is 0 Å². The second-order valence-electron chi connectivity index (χ2n) is 7.79. The third-order valence-corrected chi connectivity index (χ3v) is 5.41. The molecule has 11 heteroatoms. The van der Waals surface area contributed by atoms with Gasteiger partial charge in [-0.3, -0.25) is 14.3 Å². The molecular weight excluding hydrogens is 459 g/mol. The zero-order valence-corrected chi connectivity index (χ0v) is 19.4. The van der Waals surface area contributed by atoms with Crippen LogP contribution in [-0.4, -0.2) is 25.1 Å². The van der Waals surface area contributed by atoms with Gasteiger partial charge in [-0.25, -0.2) is 19.0 Å². The average molecular weight is 484 g/mol. The molecule has 0 saturated heterocycles. The van der Waals surface area contributed by atoms with Crippen LogP contribution in [0, 0.1) is 5.82 Å². The molecule has 0 aliphatic carbocycles. The fourth-order valence-electron chi connectivity index (χ4n) is 3.64. The highest BCUT2D eigenvalue weighted by Gasteiger charge is 2.20. The number of ether oxygens (including phenoxy) is 2. The lowest BCUT2D eigenvalue weighted by Gasteiger charge is -2.07. The van der Waals surface area contributed by atoms with Crippen LogP contribution >= 0.6 is 0 Å². The van der Waals surface area contributed by atoms with Gasteiger partial charge in [0.05, 0.1) is 0 Å². The number of carbonyl (C=O) groups excluding carboxylic acids is 1. The highest BCUT2D eigenvalue weighted by Crippen LogP contribution is 2.17. The number of nitrogens with zero attached hydrogens (tertiary/aromatic N) is 3. The van der Waals surface area contributed by atoms with Crippen molar-refractivity contribution in [3.05, 3.63) is 80.4 Å². The first-order valence-corrected chi connectivity index (χ1v) is 11.3. The van der Waals surface area contributed by atoms with E-state index in [1.54, 1.807) is 10.6 Å². The summed E-state index contributed by atoms with van der Waals surface area (Å²) < 4.78 is 32.4. The van der Waals surface area contributed by atoms with Gasteiger partial charge in [0.2, 0.25) is 5.76 Å². The molecule has 0 radical (unpaired) electrons. The Morgan fingerprint density at radius 1 is 1.09 bits per heavy atom. The molecule has 3 aromatic heterocycles. The van der Waals surface area contributed by atoms with Crippen molar-refractivity contribution in [1.82, 2.24) is 19.1 Å². The smallest absolute Gasteiger partial charge is 0.374 e. The monoisotopic (exact) mass is 484 g/mol. The van der Waals surface area contributed by atoms with Gasteiger partial charge < -0.3 is 18.5 Å². The van der Waals surface area contributed by atoms with Gasteiger partial charge in [0.15, 0.2) is 11.2 Å². The van der Waals surface area contributed by atoms with E-state index in [2.05, 4.69) is 9.97 Å². The van der Waals surface area contributed by atoms with E-state index in [0.717, 1.165) is 12.8 Å². The van der Waals surface area contributed by atoms with E-state index in [-0.39, 0.29) is 36.0 Å². The third kappa shape index (κ3) is 5.18. The molecule has 0 saturated carbocycles. The van der Waals surface area contributed by atoms with E-state index < -0.39 is 17.2 Å². The number of nitrogens with one attached hydrogen (secondary N) is 1. The van der Waals surface area contributed by atoms with Gasteiger partial charge in [0.25, 0.3) is 5.56 Å². The van der Waals surface area contributed by atoms with Crippen molar-refractivity contribution in [2.24, 2.45) is 0 Å². The Kier molecular flexibility index (Phi) is 7.14. The molecule has 0 atom stereocenters. The molecule has 10 nitrogen and oxygen atoms in total. The first kappa shape index (κ1) is 24.0. The van der Waals surface area contributed by atoms with E-state index >= 15 is 0 Å². The molecule has 4 aromatic rings. The number of aromatic nitrogens is 4. The summed E-state index contributed by atoms with van der Waals surface area (Å²) in [5.74, 6) is 0.0605. The van der Waals surface area contributed by atoms with Crippen molar-refractivity contribution < 1.29 is 23.1 Å². The Balaban J connectivity index is 1.48. The first-order valence-electron chi connectivity index (χ1n) is 11.3.